The predicted octanol–water partition coefficient (Wildman–Crippen LogP) is 3.67. The van der Waals surface area contributed by atoms with Gasteiger partial charge in [-0.3, -0.25) is 0 Å². The summed E-state index contributed by atoms with van der Waals surface area (Å²) in [6.45, 7) is 12.0. The summed E-state index contributed by atoms with van der Waals surface area (Å²) in [7, 11) is 0. The number of likely N-dealkylation sites (tertiary alicyclic amines) is 1. The van der Waals surface area contributed by atoms with Crippen molar-refractivity contribution in [1.82, 2.24) is 10.2 Å². The van der Waals surface area contributed by atoms with E-state index in [4.69, 9.17) is 0 Å². The first-order valence-electron chi connectivity index (χ1n) is 8.18. The maximum Gasteiger partial charge on any atom is 0.00387 e. The third-order valence-corrected chi connectivity index (χ3v) is 4.19. The van der Waals surface area contributed by atoms with Crippen LogP contribution in [0.5, 0.6) is 0 Å². The molecular weight excluding hydrogens is 220 g/mol. The summed E-state index contributed by atoms with van der Waals surface area (Å²) < 4.78 is 0. The summed E-state index contributed by atoms with van der Waals surface area (Å²) >= 11 is 0. The molecule has 1 N–H and O–H groups in total. The van der Waals surface area contributed by atoms with E-state index in [9.17, 15) is 0 Å². The van der Waals surface area contributed by atoms with E-state index in [2.05, 4.69) is 31.0 Å². The van der Waals surface area contributed by atoms with Gasteiger partial charge in [-0.15, -0.1) is 0 Å². The Morgan fingerprint density at radius 2 is 1.83 bits per heavy atom. The molecule has 1 saturated heterocycles. The van der Waals surface area contributed by atoms with Crippen LogP contribution in [-0.2, 0) is 0 Å². The highest BCUT2D eigenvalue weighted by Gasteiger charge is 2.23. The molecule has 1 aliphatic rings. The second-order valence-electron chi connectivity index (χ2n) is 6.22. The number of hydrogen-bond acceptors (Lipinski definition) is 2. The van der Waals surface area contributed by atoms with Gasteiger partial charge in [0.1, 0.15) is 0 Å². The fraction of sp³-hybridized carbons (Fsp3) is 1.00. The average Bonchev–Trinajstić information content (AvgIpc) is 2.81. The molecule has 1 heterocycles. The second-order valence-corrected chi connectivity index (χ2v) is 6.22. The van der Waals surface area contributed by atoms with Crippen LogP contribution in [0.4, 0.5) is 0 Å². The van der Waals surface area contributed by atoms with Crippen LogP contribution in [0.3, 0.4) is 0 Å². The van der Waals surface area contributed by atoms with E-state index in [0.29, 0.717) is 0 Å². The standard InChI is InChI=1S/C16H34N2/c1-4-5-6-7-8-9-11-17-13-16-10-12-18(14-16)15(2)3/h15-17H,4-14H2,1-3H3. The van der Waals surface area contributed by atoms with Gasteiger partial charge in [0, 0.05) is 12.6 Å². The largest absolute Gasteiger partial charge is 0.316 e. The Hall–Kier alpha value is -0.0800. The lowest BCUT2D eigenvalue weighted by Crippen LogP contribution is -2.30. The summed E-state index contributed by atoms with van der Waals surface area (Å²) in [5.74, 6) is 0.896. The van der Waals surface area contributed by atoms with E-state index >= 15 is 0 Å². The maximum atomic E-state index is 3.65. The molecule has 108 valence electrons. The minimum Gasteiger partial charge on any atom is -0.316 e. The van der Waals surface area contributed by atoms with Crippen LogP contribution in [0.2, 0.25) is 0 Å². The Labute approximate surface area is 115 Å². The Kier molecular flexibility index (Phi) is 8.70. The van der Waals surface area contributed by atoms with E-state index in [0.717, 1.165) is 12.0 Å². The number of hydrogen-bond donors (Lipinski definition) is 1. The van der Waals surface area contributed by atoms with Crippen LogP contribution >= 0.6 is 0 Å². The lowest BCUT2D eigenvalue weighted by atomic mass is 10.1. The van der Waals surface area contributed by atoms with E-state index in [1.54, 1.807) is 0 Å². The summed E-state index contributed by atoms with van der Waals surface area (Å²) in [4.78, 5) is 2.61. The van der Waals surface area contributed by atoms with Gasteiger partial charge in [0.05, 0.1) is 0 Å². The molecule has 0 aromatic heterocycles. The van der Waals surface area contributed by atoms with Crippen molar-refractivity contribution in [3.63, 3.8) is 0 Å². The topological polar surface area (TPSA) is 15.3 Å². The van der Waals surface area contributed by atoms with Gasteiger partial charge in [0.15, 0.2) is 0 Å². The van der Waals surface area contributed by atoms with Gasteiger partial charge < -0.3 is 10.2 Å². The monoisotopic (exact) mass is 254 g/mol. The summed E-state index contributed by atoms with van der Waals surface area (Å²) in [6, 6.07) is 0.730. The zero-order valence-electron chi connectivity index (χ0n) is 12.9. The molecule has 0 spiro atoms. The third-order valence-electron chi connectivity index (χ3n) is 4.19. The summed E-state index contributed by atoms with van der Waals surface area (Å²) in [6.07, 6.45) is 9.80. The number of rotatable bonds is 10. The predicted molar refractivity (Wildman–Crippen MR) is 81.1 cm³/mol. The smallest absolute Gasteiger partial charge is 0.00387 e. The van der Waals surface area contributed by atoms with Crippen LogP contribution in [0.15, 0.2) is 0 Å². The van der Waals surface area contributed by atoms with Crippen molar-refractivity contribution >= 4 is 0 Å². The summed E-state index contributed by atoms with van der Waals surface area (Å²) in [5.41, 5.74) is 0. The molecule has 2 heteroatoms. The Balaban J connectivity index is 1.87. The summed E-state index contributed by atoms with van der Waals surface area (Å²) in [5, 5.41) is 3.65. The second kappa shape index (κ2) is 9.80. The molecule has 1 rings (SSSR count). The van der Waals surface area contributed by atoms with Crippen LogP contribution in [0, 0.1) is 5.92 Å². The highest BCUT2D eigenvalue weighted by molar-refractivity contribution is 4.78. The molecule has 2 nitrogen and oxygen atoms in total. The van der Waals surface area contributed by atoms with Gasteiger partial charge in [0.2, 0.25) is 0 Å². The zero-order chi connectivity index (χ0) is 13.2. The molecular formula is C16H34N2. The van der Waals surface area contributed by atoms with Gasteiger partial charge in [-0.1, -0.05) is 39.0 Å². The van der Waals surface area contributed by atoms with E-state index < -0.39 is 0 Å². The fourth-order valence-electron chi connectivity index (χ4n) is 2.83. The van der Waals surface area contributed by atoms with Gasteiger partial charge in [-0.05, 0) is 52.2 Å². The number of unbranched alkanes of at least 4 members (excludes halogenated alkanes) is 5. The van der Waals surface area contributed by atoms with Crippen LogP contribution in [-0.4, -0.2) is 37.1 Å². The molecule has 1 unspecified atom stereocenters. The average molecular weight is 254 g/mol. The molecule has 0 aromatic rings. The van der Waals surface area contributed by atoms with E-state index in [1.165, 1.54) is 71.1 Å². The molecule has 1 fully saturated rings. The molecule has 1 atom stereocenters. The first kappa shape index (κ1) is 16.0. The van der Waals surface area contributed by atoms with Crippen LogP contribution in [0.1, 0.15) is 65.7 Å². The first-order valence-corrected chi connectivity index (χ1v) is 8.18. The maximum absolute atomic E-state index is 3.65. The zero-order valence-corrected chi connectivity index (χ0v) is 12.9. The minimum absolute atomic E-state index is 0.730. The Morgan fingerprint density at radius 3 is 2.50 bits per heavy atom. The van der Waals surface area contributed by atoms with Gasteiger partial charge in [0.25, 0.3) is 0 Å². The van der Waals surface area contributed by atoms with E-state index in [-0.39, 0.29) is 0 Å². The minimum atomic E-state index is 0.730. The van der Waals surface area contributed by atoms with Gasteiger partial charge in [-0.25, -0.2) is 0 Å². The first-order chi connectivity index (χ1) is 8.74. The Bertz CT molecular complexity index is 192. The molecule has 0 bridgehead atoms. The van der Waals surface area contributed by atoms with Gasteiger partial charge >= 0.3 is 0 Å². The van der Waals surface area contributed by atoms with E-state index in [1.807, 2.05) is 0 Å². The molecule has 0 amide bonds. The quantitative estimate of drug-likeness (QED) is 0.598. The lowest BCUT2D eigenvalue weighted by molar-refractivity contribution is 0.264. The highest BCUT2D eigenvalue weighted by Crippen LogP contribution is 2.17. The third kappa shape index (κ3) is 6.75. The number of nitrogens with zero attached hydrogens (tertiary/aromatic N) is 1. The van der Waals surface area contributed by atoms with Crippen molar-refractivity contribution in [2.24, 2.45) is 5.92 Å². The van der Waals surface area contributed by atoms with Crippen LogP contribution in [0.25, 0.3) is 0 Å². The van der Waals surface area contributed by atoms with Crippen molar-refractivity contribution in [3.8, 4) is 0 Å². The molecule has 18 heavy (non-hydrogen) atoms. The SMILES string of the molecule is CCCCCCCCNCC1CCN(C(C)C)C1. The molecule has 1 aliphatic heterocycles. The lowest BCUT2D eigenvalue weighted by Gasteiger charge is -2.20. The van der Waals surface area contributed by atoms with Crippen molar-refractivity contribution in [1.29, 1.82) is 0 Å². The van der Waals surface area contributed by atoms with Crippen molar-refractivity contribution < 1.29 is 0 Å². The molecule has 0 radical (unpaired) electrons. The van der Waals surface area contributed by atoms with Crippen molar-refractivity contribution in [2.45, 2.75) is 71.8 Å². The molecule has 0 aliphatic carbocycles. The highest BCUT2D eigenvalue weighted by atomic mass is 15.2. The van der Waals surface area contributed by atoms with Crippen molar-refractivity contribution in [3.05, 3.63) is 0 Å². The Morgan fingerprint density at radius 1 is 1.11 bits per heavy atom. The van der Waals surface area contributed by atoms with Gasteiger partial charge in [-0.2, -0.15) is 0 Å². The normalized spacial score (nSPS) is 21.0. The fourth-order valence-corrected chi connectivity index (χ4v) is 2.83. The number of nitrogens with one attached hydrogen (secondary N) is 1. The molecule has 0 saturated carbocycles. The van der Waals surface area contributed by atoms with Crippen molar-refractivity contribution in [2.75, 3.05) is 26.2 Å². The molecule has 0 aromatic carbocycles. The van der Waals surface area contributed by atoms with Crippen LogP contribution < -0.4 is 5.32 Å².